The first-order valence-corrected chi connectivity index (χ1v) is 7.95. The van der Waals surface area contributed by atoms with Crippen molar-refractivity contribution in [3.63, 3.8) is 0 Å². The van der Waals surface area contributed by atoms with E-state index in [2.05, 4.69) is 11.6 Å². The fraction of sp³-hybridized carbons (Fsp3) is 0.846. The van der Waals surface area contributed by atoms with E-state index in [1.54, 1.807) is 0 Å². The quantitative estimate of drug-likeness (QED) is 0.560. The lowest BCUT2D eigenvalue weighted by atomic mass is 10.1. The van der Waals surface area contributed by atoms with E-state index in [1.165, 1.54) is 12.8 Å². The molecule has 1 aliphatic rings. The SMILES string of the molecule is CC(C)OP(=O)(C#CC1CCCC1)OC(C)C. The molecule has 0 heterocycles. The summed E-state index contributed by atoms with van der Waals surface area (Å²) in [5.41, 5.74) is 2.76. The highest BCUT2D eigenvalue weighted by atomic mass is 31.2. The Morgan fingerprint density at radius 2 is 1.53 bits per heavy atom. The molecule has 0 saturated heterocycles. The highest BCUT2D eigenvalue weighted by Gasteiger charge is 2.25. The molecule has 3 nitrogen and oxygen atoms in total. The van der Waals surface area contributed by atoms with Crippen LogP contribution in [0.25, 0.3) is 0 Å². The Morgan fingerprint density at radius 1 is 1.06 bits per heavy atom. The molecule has 0 amide bonds. The molecule has 17 heavy (non-hydrogen) atoms. The van der Waals surface area contributed by atoms with Gasteiger partial charge in [-0.1, -0.05) is 18.8 Å². The second-order valence-electron chi connectivity index (χ2n) is 5.04. The Balaban J connectivity index is 2.71. The highest BCUT2D eigenvalue weighted by molar-refractivity contribution is 7.59. The molecule has 0 aromatic heterocycles. The molecule has 0 unspecified atom stereocenters. The normalized spacial score (nSPS) is 17.5. The van der Waals surface area contributed by atoms with E-state index in [0.717, 1.165) is 12.8 Å². The Bertz CT molecular complexity index is 318. The molecular weight excluding hydrogens is 235 g/mol. The molecule has 1 saturated carbocycles. The van der Waals surface area contributed by atoms with Crippen LogP contribution in [0.3, 0.4) is 0 Å². The van der Waals surface area contributed by atoms with Crippen molar-refractivity contribution in [3.8, 4) is 11.6 Å². The lowest BCUT2D eigenvalue weighted by molar-refractivity contribution is 0.150. The van der Waals surface area contributed by atoms with Crippen LogP contribution in [0.15, 0.2) is 0 Å². The number of hydrogen-bond donors (Lipinski definition) is 0. The van der Waals surface area contributed by atoms with Crippen LogP contribution < -0.4 is 0 Å². The zero-order valence-corrected chi connectivity index (χ0v) is 12.1. The van der Waals surface area contributed by atoms with E-state index in [9.17, 15) is 4.57 Å². The molecule has 0 aromatic carbocycles. The summed E-state index contributed by atoms with van der Waals surface area (Å²) < 4.78 is 23.1. The maximum atomic E-state index is 12.4. The molecule has 4 heteroatoms. The minimum atomic E-state index is -3.25. The van der Waals surface area contributed by atoms with Gasteiger partial charge >= 0.3 is 7.60 Å². The van der Waals surface area contributed by atoms with E-state index in [0.29, 0.717) is 5.92 Å². The minimum Gasteiger partial charge on any atom is -0.297 e. The Labute approximate surface area is 105 Å². The molecule has 0 aliphatic heterocycles. The second-order valence-corrected chi connectivity index (χ2v) is 6.68. The molecule has 98 valence electrons. The molecule has 0 aromatic rings. The van der Waals surface area contributed by atoms with Gasteiger partial charge in [0.1, 0.15) is 0 Å². The van der Waals surface area contributed by atoms with Crippen molar-refractivity contribution in [1.29, 1.82) is 0 Å². The Morgan fingerprint density at radius 3 is 1.94 bits per heavy atom. The Kier molecular flexibility index (Phi) is 5.73. The predicted octanol–water partition coefficient (Wildman–Crippen LogP) is 4.18. The smallest absolute Gasteiger partial charge is 0.297 e. The molecule has 1 aliphatic carbocycles. The monoisotopic (exact) mass is 258 g/mol. The first-order valence-electron chi connectivity index (χ1n) is 6.41. The van der Waals surface area contributed by atoms with Crippen molar-refractivity contribution in [1.82, 2.24) is 0 Å². The second kappa shape index (κ2) is 6.59. The molecule has 0 spiro atoms. The van der Waals surface area contributed by atoms with E-state index in [-0.39, 0.29) is 12.2 Å². The third-order valence-electron chi connectivity index (χ3n) is 2.46. The first kappa shape index (κ1) is 14.8. The summed E-state index contributed by atoms with van der Waals surface area (Å²) in [6.07, 6.45) is 4.38. The standard InChI is InChI=1S/C13H23O3P/c1-11(2)15-17(14,16-12(3)4)10-9-13-7-5-6-8-13/h11-13H,5-8H2,1-4H3. The van der Waals surface area contributed by atoms with Crippen LogP contribution in [0.2, 0.25) is 0 Å². The summed E-state index contributed by atoms with van der Waals surface area (Å²) in [5.74, 6) is 3.44. The van der Waals surface area contributed by atoms with Crippen LogP contribution in [0, 0.1) is 17.5 Å². The summed E-state index contributed by atoms with van der Waals surface area (Å²) in [7, 11) is -3.25. The van der Waals surface area contributed by atoms with Crippen molar-refractivity contribution in [2.75, 3.05) is 0 Å². The van der Waals surface area contributed by atoms with Crippen molar-refractivity contribution in [2.45, 2.75) is 65.6 Å². The summed E-state index contributed by atoms with van der Waals surface area (Å²) in [6, 6.07) is 0. The lowest BCUT2D eigenvalue weighted by Gasteiger charge is -2.17. The largest absolute Gasteiger partial charge is 0.406 e. The van der Waals surface area contributed by atoms with Gasteiger partial charge in [-0.3, -0.25) is 9.05 Å². The van der Waals surface area contributed by atoms with Gasteiger partial charge < -0.3 is 0 Å². The third-order valence-corrected chi connectivity index (χ3v) is 4.26. The van der Waals surface area contributed by atoms with Gasteiger partial charge in [-0.2, -0.15) is 0 Å². The van der Waals surface area contributed by atoms with Gasteiger partial charge in [-0.05, 0) is 40.5 Å². The highest BCUT2D eigenvalue weighted by Crippen LogP contribution is 2.49. The van der Waals surface area contributed by atoms with Gasteiger partial charge in [-0.25, -0.2) is 4.57 Å². The maximum absolute atomic E-state index is 12.4. The van der Waals surface area contributed by atoms with Crippen molar-refractivity contribution in [3.05, 3.63) is 0 Å². The van der Waals surface area contributed by atoms with Gasteiger partial charge in [-0.15, -0.1) is 0 Å². The zero-order valence-electron chi connectivity index (χ0n) is 11.2. The van der Waals surface area contributed by atoms with Gasteiger partial charge in [0.05, 0.1) is 12.2 Å². The number of rotatable bonds is 4. The van der Waals surface area contributed by atoms with Crippen molar-refractivity contribution >= 4 is 7.60 Å². The van der Waals surface area contributed by atoms with E-state index >= 15 is 0 Å². The molecule has 1 rings (SSSR count). The first-order chi connectivity index (χ1) is 7.91. The van der Waals surface area contributed by atoms with Gasteiger partial charge in [0.25, 0.3) is 0 Å². The third kappa shape index (κ3) is 5.73. The Hall–Kier alpha value is -0.290. The number of hydrogen-bond acceptors (Lipinski definition) is 3. The molecule has 0 bridgehead atoms. The van der Waals surface area contributed by atoms with Crippen molar-refractivity contribution in [2.24, 2.45) is 5.92 Å². The molecule has 0 radical (unpaired) electrons. The van der Waals surface area contributed by atoms with Gasteiger partial charge in [0.15, 0.2) is 0 Å². The van der Waals surface area contributed by atoms with Gasteiger partial charge in [0, 0.05) is 11.6 Å². The molecular formula is C13H23O3P. The fourth-order valence-corrected chi connectivity index (χ4v) is 3.48. The topological polar surface area (TPSA) is 35.5 Å². The predicted molar refractivity (Wildman–Crippen MR) is 69.8 cm³/mol. The summed E-state index contributed by atoms with van der Waals surface area (Å²) in [4.78, 5) is 0. The van der Waals surface area contributed by atoms with E-state index < -0.39 is 7.60 Å². The zero-order chi connectivity index (χ0) is 12.9. The summed E-state index contributed by atoms with van der Waals surface area (Å²) in [6.45, 7) is 7.36. The van der Waals surface area contributed by atoms with Crippen LogP contribution in [-0.2, 0) is 13.6 Å². The molecule has 1 fully saturated rings. The van der Waals surface area contributed by atoms with Crippen LogP contribution in [0.4, 0.5) is 0 Å². The lowest BCUT2D eigenvalue weighted by Crippen LogP contribution is -2.06. The fourth-order valence-electron chi connectivity index (χ4n) is 1.87. The van der Waals surface area contributed by atoms with Crippen LogP contribution in [0.5, 0.6) is 0 Å². The minimum absolute atomic E-state index is 0.141. The average molecular weight is 258 g/mol. The van der Waals surface area contributed by atoms with Crippen LogP contribution in [-0.4, -0.2) is 12.2 Å². The molecule has 0 N–H and O–H groups in total. The van der Waals surface area contributed by atoms with E-state index in [4.69, 9.17) is 9.05 Å². The van der Waals surface area contributed by atoms with Gasteiger partial charge in [0.2, 0.25) is 0 Å². The maximum Gasteiger partial charge on any atom is 0.406 e. The van der Waals surface area contributed by atoms with Crippen LogP contribution >= 0.6 is 7.60 Å². The van der Waals surface area contributed by atoms with Crippen LogP contribution in [0.1, 0.15) is 53.4 Å². The van der Waals surface area contributed by atoms with E-state index in [1.807, 2.05) is 27.7 Å². The summed E-state index contributed by atoms with van der Waals surface area (Å²) in [5, 5.41) is 0. The summed E-state index contributed by atoms with van der Waals surface area (Å²) >= 11 is 0. The average Bonchev–Trinajstić information content (AvgIpc) is 2.64. The van der Waals surface area contributed by atoms with Crippen molar-refractivity contribution < 1.29 is 13.6 Å². The molecule has 0 atom stereocenters.